The molecule has 0 saturated carbocycles. The fourth-order valence-corrected chi connectivity index (χ4v) is 3.67. The number of hydrogen-bond acceptors (Lipinski definition) is 7. The van der Waals surface area contributed by atoms with E-state index in [1.165, 1.54) is 7.11 Å². The highest BCUT2D eigenvalue weighted by molar-refractivity contribution is 5.75. The molecular weight excluding hydrogens is 376 g/mol. The average Bonchev–Trinajstić information content (AvgIpc) is 3.12. The summed E-state index contributed by atoms with van der Waals surface area (Å²) < 4.78 is 26.5. The van der Waals surface area contributed by atoms with Crippen LogP contribution in [-0.2, 0) is 16.0 Å². The summed E-state index contributed by atoms with van der Waals surface area (Å²) in [5.74, 6) is 1.13. The molecule has 1 heterocycles. The van der Waals surface area contributed by atoms with Gasteiger partial charge in [-0.3, -0.25) is 4.79 Å². The number of carbonyl (C=O) groups is 1. The third-order valence-corrected chi connectivity index (χ3v) is 5.30. The second-order valence-corrected chi connectivity index (χ2v) is 6.85. The predicted molar refractivity (Wildman–Crippen MR) is 106 cm³/mol. The molecule has 0 spiro atoms. The third kappa shape index (κ3) is 4.24. The first kappa shape index (κ1) is 20.8. The second kappa shape index (κ2) is 9.05. The van der Waals surface area contributed by atoms with Crippen LogP contribution < -0.4 is 18.9 Å². The number of aliphatic hydroxyl groups excluding tert-OH is 1. The van der Waals surface area contributed by atoms with Crippen LogP contribution in [-0.4, -0.2) is 46.1 Å². The molecule has 0 amide bonds. The number of hydrogen-bond donors (Lipinski definition) is 1. The van der Waals surface area contributed by atoms with Crippen molar-refractivity contribution in [2.75, 3.05) is 35.0 Å². The van der Waals surface area contributed by atoms with Crippen molar-refractivity contribution < 1.29 is 33.6 Å². The van der Waals surface area contributed by atoms with Gasteiger partial charge in [0.1, 0.15) is 0 Å². The first-order valence-corrected chi connectivity index (χ1v) is 9.29. The molecule has 1 aliphatic rings. The Morgan fingerprint density at radius 2 is 1.52 bits per heavy atom. The van der Waals surface area contributed by atoms with Crippen LogP contribution in [0.5, 0.6) is 23.0 Å². The standard InChI is InChI=1S/C22H26O7/c1-25-17-7-5-13(10-19(17)27-3)9-15-16(12-29-22(15)24)21(23)14-6-8-18(26-2)20(11-14)28-4/h5-8,10-11,15-16,21,23H,9,12H2,1-4H3/t15?,16?,21-/m0/s1. The molecule has 2 aromatic carbocycles. The lowest BCUT2D eigenvalue weighted by Crippen LogP contribution is -2.24. The Hall–Kier alpha value is -2.93. The minimum absolute atomic E-state index is 0.159. The Bertz CT molecular complexity index is 864. The van der Waals surface area contributed by atoms with Gasteiger partial charge in [-0.15, -0.1) is 0 Å². The Morgan fingerprint density at radius 1 is 0.931 bits per heavy atom. The Morgan fingerprint density at radius 3 is 2.14 bits per heavy atom. The van der Waals surface area contributed by atoms with Crippen molar-refractivity contribution in [1.29, 1.82) is 0 Å². The molecule has 7 heteroatoms. The number of carbonyl (C=O) groups excluding carboxylic acids is 1. The highest BCUT2D eigenvalue weighted by Gasteiger charge is 2.41. The number of rotatable bonds is 8. The van der Waals surface area contributed by atoms with E-state index in [9.17, 15) is 9.90 Å². The Balaban J connectivity index is 1.83. The zero-order chi connectivity index (χ0) is 21.0. The summed E-state index contributed by atoms with van der Waals surface area (Å²) in [6.07, 6.45) is -0.458. The van der Waals surface area contributed by atoms with Crippen molar-refractivity contribution in [3.05, 3.63) is 47.5 Å². The lowest BCUT2D eigenvalue weighted by atomic mass is 9.83. The second-order valence-electron chi connectivity index (χ2n) is 6.85. The largest absolute Gasteiger partial charge is 0.493 e. The molecule has 0 aromatic heterocycles. The highest BCUT2D eigenvalue weighted by atomic mass is 16.5. The van der Waals surface area contributed by atoms with Gasteiger partial charge in [0.05, 0.1) is 47.1 Å². The number of benzene rings is 2. The SMILES string of the molecule is COc1ccc(CC2C(=O)OCC2[C@@H](O)c2ccc(OC)c(OC)c2)cc1OC. The van der Waals surface area contributed by atoms with Crippen molar-refractivity contribution in [2.45, 2.75) is 12.5 Å². The van der Waals surface area contributed by atoms with E-state index in [1.807, 2.05) is 12.1 Å². The molecule has 1 aliphatic heterocycles. The fraction of sp³-hybridized carbons (Fsp3) is 0.409. The van der Waals surface area contributed by atoms with E-state index in [0.29, 0.717) is 35.0 Å². The van der Waals surface area contributed by atoms with Crippen LogP contribution in [0.2, 0.25) is 0 Å². The molecule has 1 N–H and O–H groups in total. The van der Waals surface area contributed by atoms with Crippen LogP contribution in [0.15, 0.2) is 36.4 Å². The van der Waals surface area contributed by atoms with E-state index in [2.05, 4.69) is 0 Å². The summed E-state index contributed by atoms with van der Waals surface area (Å²) in [5.41, 5.74) is 1.54. The fourth-order valence-electron chi connectivity index (χ4n) is 3.67. The zero-order valence-electron chi connectivity index (χ0n) is 17.0. The van der Waals surface area contributed by atoms with E-state index in [4.69, 9.17) is 23.7 Å². The number of cyclic esters (lactones) is 1. The molecule has 0 radical (unpaired) electrons. The smallest absolute Gasteiger partial charge is 0.309 e. The van der Waals surface area contributed by atoms with E-state index >= 15 is 0 Å². The van der Waals surface area contributed by atoms with Crippen molar-refractivity contribution in [1.82, 2.24) is 0 Å². The summed E-state index contributed by atoms with van der Waals surface area (Å²) >= 11 is 0. The van der Waals surface area contributed by atoms with Crippen LogP contribution in [0, 0.1) is 11.8 Å². The van der Waals surface area contributed by atoms with Gasteiger partial charge < -0.3 is 28.8 Å². The van der Waals surface area contributed by atoms with Gasteiger partial charge in [-0.25, -0.2) is 0 Å². The Labute approximate surface area is 170 Å². The number of ether oxygens (including phenoxy) is 5. The first-order chi connectivity index (χ1) is 14.0. The topological polar surface area (TPSA) is 83.5 Å². The number of methoxy groups -OCH3 is 4. The van der Waals surface area contributed by atoms with Crippen LogP contribution in [0.25, 0.3) is 0 Å². The minimum atomic E-state index is -0.883. The molecular formula is C22H26O7. The molecule has 7 nitrogen and oxygen atoms in total. The lowest BCUT2D eigenvalue weighted by Gasteiger charge is -2.22. The highest BCUT2D eigenvalue weighted by Crippen LogP contribution is 2.39. The van der Waals surface area contributed by atoms with E-state index in [0.717, 1.165) is 5.56 Å². The quantitative estimate of drug-likeness (QED) is 0.680. The molecule has 2 unspecified atom stereocenters. The number of esters is 1. The van der Waals surface area contributed by atoms with Crippen molar-refractivity contribution in [2.24, 2.45) is 11.8 Å². The summed E-state index contributed by atoms with van der Waals surface area (Å²) in [6, 6.07) is 10.7. The maximum Gasteiger partial charge on any atom is 0.309 e. The van der Waals surface area contributed by atoms with Gasteiger partial charge in [-0.05, 0) is 41.8 Å². The zero-order valence-corrected chi connectivity index (χ0v) is 17.0. The van der Waals surface area contributed by atoms with Crippen molar-refractivity contribution >= 4 is 5.97 Å². The van der Waals surface area contributed by atoms with Gasteiger partial charge in [-0.1, -0.05) is 12.1 Å². The van der Waals surface area contributed by atoms with Crippen LogP contribution in [0.1, 0.15) is 17.2 Å². The van der Waals surface area contributed by atoms with Crippen molar-refractivity contribution in [3.8, 4) is 23.0 Å². The number of aliphatic hydroxyl groups is 1. The molecule has 0 bridgehead atoms. The van der Waals surface area contributed by atoms with Crippen molar-refractivity contribution in [3.63, 3.8) is 0 Å². The maximum absolute atomic E-state index is 12.4. The first-order valence-electron chi connectivity index (χ1n) is 9.29. The molecule has 0 aliphatic carbocycles. The molecule has 1 fully saturated rings. The molecule has 3 rings (SSSR count). The van der Waals surface area contributed by atoms with Gasteiger partial charge in [0.25, 0.3) is 0 Å². The molecule has 29 heavy (non-hydrogen) atoms. The third-order valence-electron chi connectivity index (χ3n) is 5.30. The molecule has 3 atom stereocenters. The molecule has 156 valence electrons. The minimum Gasteiger partial charge on any atom is -0.493 e. The van der Waals surface area contributed by atoms with Gasteiger partial charge in [0.2, 0.25) is 0 Å². The van der Waals surface area contributed by atoms with E-state index in [-0.39, 0.29) is 18.5 Å². The monoisotopic (exact) mass is 402 g/mol. The summed E-state index contributed by atoms with van der Waals surface area (Å²) in [5, 5.41) is 11.0. The molecule has 2 aromatic rings. The summed E-state index contributed by atoms with van der Waals surface area (Å²) in [6.45, 7) is 0.159. The van der Waals surface area contributed by atoms with E-state index < -0.39 is 12.0 Å². The average molecular weight is 402 g/mol. The summed E-state index contributed by atoms with van der Waals surface area (Å²) in [7, 11) is 6.23. The van der Waals surface area contributed by atoms with Gasteiger partial charge in [0, 0.05) is 5.92 Å². The maximum atomic E-state index is 12.4. The van der Waals surface area contributed by atoms with Gasteiger partial charge in [-0.2, -0.15) is 0 Å². The van der Waals surface area contributed by atoms with Crippen LogP contribution in [0.4, 0.5) is 0 Å². The normalized spacial score (nSPS) is 19.4. The van der Waals surface area contributed by atoms with Crippen LogP contribution >= 0.6 is 0 Å². The van der Waals surface area contributed by atoms with Crippen LogP contribution in [0.3, 0.4) is 0 Å². The Kier molecular flexibility index (Phi) is 6.49. The van der Waals surface area contributed by atoms with Gasteiger partial charge in [0.15, 0.2) is 23.0 Å². The lowest BCUT2D eigenvalue weighted by molar-refractivity contribution is -0.141. The molecule has 1 saturated heterocycles. The predicted octanol–water partition coefficient (Wildman–Crippen LogP) is 2.79. The van der Waals surface area contributed by atoms with E-state index in [1.54, 1.807) is 45.6 Å². The van der Waals surface area contributed by atoms with Gasteiger partial charge >= 0.3 is 5.97 Å². The summed E-state index contributed by atoms with van der Waals surface area (Å²) in [4.78, 5) is 12.4.